The lowest BCUT2D eigenvalue weighted by Crippen LogP contribution is -2.54. The summed E-state index contributed by atoms with van der Waals surface area (Å²) in [6.07, 6.45) is 5.27. The molecule has 1 fully saturated rings. The number of halogens is 4. The van der Waals surface area contributed by atoms with Gasteiger partial charge in [0, 0.05) is 22.6 Å². The Morgan fingerprint density at radius 1 is 0.884 bits per heavy atom. The Balaban J connectivity index is 1.72. The smallest absolute Gasteiger partial charge is 0.264 e. The van der Waals surface area contributed by atoms with Crippen LogP contribution in [0.15, 0.2) is 71.6 Å². The van der Waals surface area contributed by atoms with Crippen molar-refractivity contribution in [1.82, 2.24) is 10.2 Å². The molecule has 1 N–H and O–H groups in total. The van der Waals surface area contributed by atoms with Crippen LogP contribution in [0.1, 0.15) is 51.0 Å². The first-order chi connectivity index (χ1) is 20.5. The number of rotatable bonds is 11. The predicted molar refractivity (Wildman–Crippen MR) is 174 cm³/mol. The SMILES string of the molecule is CC[C@@H](C(=O)NC1CCCCC1)N(Cc1ccc(Cl)c(Cl)c1)C(=O)CN(c1cccc(Cl)c1)S(=O)(=O)c1ccc(Cl)cc1. The molecule has 0 saturated heterocycles. The van der Waals surface area contributed by atoms with E-state index in [4.69, 9.17) is 46.4 Å². The molecule has 12 heteroatoms. The van der Waals surface area contributed by atoms with Gasteiger partial charge in [-0.05, 0) is 79.4 Å². The molecule has 3 aromatic carbocycles. The number of nitrogens with one attached hydrogen (secondary N) is 1. The highest BCUT2D eigenvalue weighted by atomic mass is 35.5. The van der Waals surface area contributed by atoms with E-state index < -0.39 is 28.5 Å². The van der Waals surface area contributed by atoms with E-state index in [9.17, 15) is 18.0 Å². The highest BCUT2D eigenvalue weighted by molar-refractivity contribution is 7.92. The van der Waals surface area contributed by atoms with E-state index in [-0.39, 0.29) is 29.1 Å². The average Bonchev–Trinajstić information content (AvgIpc) is 2.98. The van der Waals surface area contributed by atoms with E-state index in [2.05, 4.69) is 5.32 Å². The number of carbonyl (C=O) groups excluding carboxylic acids is 2. The lowest BCUT2D eigenvalue weighted by Gasteiger charge is -2.34. The quantitative estimate of drug-likeness (QED) is 0.224. The van der Waals surface area contributed by atoms with Crippen LogP contribution >= 0.6 is 46.4 Å². The third kappa shape index (κ3) is 8.58. The zero-order valence-corrected chi connectivity index (χ0v) is 27.5. The van der Waals surface area contributed by atoms with Gasteiger partial charge in [-0.15, -0.1) is 0 Å². The van der Waals surface area contributed by atoms with Crippen molar-refractivity contribution in [3.05, 3.63) is 92.4 Å². The van der Waals surface area contributed by atoms with Crippen molar-refractivity contribution >= 4 is 73.9 Å². The summed E-state index contributed by atoms with van der Waals surface area (Å²) in [5, 5.41) is 4.45. The van der Waals surface area contributed by atoms with E-state index in [1.807, 2.05) is 6.92 Å². The van der Waals surface area contributed by atoms with Crippen molar-refractivity contribution in [1.29, 1.82) is 0 Å². The second-order valence-electron chi connectivity index (χ2n) is 10.5. The maximum atomic E-state index is 14.2. The summed E-state index contributed by atoms with van der Waals surface area (Å²) in [5.74, 6) is -0.855. The number of hydrogen-bond donors (Lipinski definition) is 1. The first-order valence-electron chi connectivity index (χ1n) is 14.1. The van der Waals surface area contributed by atoms with Gasteiger partial charge in [-0.3, -0.25) is 13.9 Å². The molecule has 0 unspecified atom stereocenters. The molecule has 3 aromatic rings. The maximum absolute atomic E-state index is 14.2. The third-order valence-electron chi connectivity index (χ3n) is 7.45. The standard InChI is InChI=1S/C31H33Cl4N3O4S/c1-2-29(31(40)36-24-8-4-3-5-9-24)37(19-21-11-16-27(34)28(35)17-21)30(39)20-38(25-10-6-7-23(33)18-25)43(41,42)26-14-12-22(32)13-15-26/h6-7,10-18,24,29H,2-5,8-9,19-20H2,1H3,(H,36,40)/t29-/m0/s1. The summed E-state index contributed by atoms with van der Waals surface area (Å²) in [6, 6.07) is 16.1. The van der Waals surface area contributed by atoms with E-state index in [0.29, 0.717) is 32.1 Å². The monoisotopic (exact) mass is 683 g/mol. The number of anilines is 1. The molecule has 0 heterocycles. The zero-order chi connectivity index (χ0) is 31.1. The fourth-order valence-corrected chi connectivity index (χ4v) is 7.23. The summed E-state index contributed by atoms with van der Waals surface area (Å²) in [6.45, 7) is 1.25. The molecule has 43 heavy (non-hydrogen) atoms. The third-order valence-corrected chi connectivity index (χ3v) is 10.5. The van der Waals surface area contributed by atoms with Crippen LogP contribution in [0.3, 0.4) is 0 Å². The summed E-state index contributed by atoms with van der Waals surface area (Å²) in [4.78, 5) is 29.2. The second-order valence-corrected chi connectivity index (χ2v) is 14.0. The molecular formula is C31H33Cl4N3O4S. The van der Waals surface area contributed by atoms with Crippen LogP contribution in [-0.2, 0) is 26.2 Å². The number of sulfonamides is 1. The first-order valence-corrected chi connectivity index (χ1v) is 17.0. The lowest BCUT2D eigenvalue weighted by atomic mass is 9.95. The van der Waals surface area contributed by atoms with Crippen molar-refractivity contribution in [2.24, 2.45) is 0 Å². The van der Waals surface area contributed by atoms with Gasteiger partial charge in [0.2, 0.25) is 11.8 Å². The molecule has 1 aliphatic rings. The van der Waals surface area contributed by atoms with Gasteiger partial charge in [0.1, 0.15) is 12.6 Å². The Kier molecular flexibility index (Phi) is 11.6. The molecular weight excluding hydrogens is 652 g/mol. The molecule has 1 aliphatic carbocycles. The van der Waals surface area contributed by atoms with Crippen LogP contribution < -0.4 is 9.62 Å². The van der Waals surface area contributed by atoms with Gasteiger partial charge < -0.3 is 10.2 Å². The summed E-state index contributed by atoms with van der Waals surface area (Å²) in [7, 11) is -4.25. The molecule has 1 atom stereocenters. The van der Waals surface area contributed by atoms with Gasteiger partial charge in [-0.2, -0.15) is 0 Å². The summed E-state index contributed by atoms with van der Waals surface area (Å²) in [5.41, 5.74) is 0.839. The molecule has 2 amide bonds. The number of benzene rings is 3. The lowest BCUT2D eigenvalue weighted by molar-refractivity contribution is -0.140. The van der Waals surface area contributed by atoms with Crippen LogP contribution in [0.5, 0.6) is 0 Å². The molecule has 7 nitrogen and oxygen atoms in total. The number of carbonyl (C=O) groups is 2. The molecule has 0 aliphatic heterocycles. The van der Waals surface area contributed by atoms with Gasteiger partial charge >= 0.3 is 0 Å². The fraction of sp³-hybridized carbons (Fsp3) is 0.355. The first kappa shape index (κ1) is 33.4. The zero-order valence-electron chi connectivity index (χ0n) is 23.6. The van der Waals surface area contributed by atoms with E-state index in [0.717, 1.165) is 36.4 Å². The van der Waals surface area contributed by atoms with E-state index in [1.165, 1.54) is 35.2 Å². The number of nitrogens with zero attached hydrogens (tertiary/aromatic N) is 2. The number of amides is 2. The molecule has 0 radical (unpaired) electrons. The van der Waals surface area contributed by atoms with Crippen LogP contribution in [0.4, 0.5) is 5.69 Å². The minimum absolute atomic E-state index is 0.0106. The molecule has 0 aromatic heterocycles. The fourth-order valence-electron chi connectivity index (χ4n) is 5.19. The van der Waals surface area contributed by atoms with Crippen LogP contribution in [0, 0.1) is 0 Å². The van der Waals surface area contributed by atoms with Gasteiger partial charge in [-0.1, -0.05) is 84.7 Å². The van der Waals surface area contributed by atoms with Crippen molar-refractivity contribution < 1.29 is 18.0 Å². The van der Waals surface area contributed by atoms with Crippen molar-refractivity contribution in [2.75, 3.05) is 10.8 Å². The van der Waals surface area contributed by atoms with Crippen molar-refractivity contribution in [2.45, 2.75) is 69.0 Å². The van der Waals surface area contributed by atoms with Crippen molar-refractivity contribution in [3.8, 4) is 0 Å². The Morgan fingerprint density at radius 2 is 1.58 bits per heavy atom. The highest BCUT2D eigenvalue weighted by Crippen LogP contribution is 2.29. The largest absolute Gasteiger partial charge is 0.352 e. The van der Waals surface area contributed by atoms with Crippen LogP contribution in [0.25, 0.3) is 0 Å². The van der Waals surface area contributed by atoms with Gasteiger partial charge in [0.25, 0.3) is 10.0 Å². The molecule has 0 bridgehead atoms. The minimum Gasteiger partial charge on any atom is -0.352 e. The topological polar surface area (TPSA) is 86.8 Å². The van der Waals surface area contributed by atoms with Crippen molar-refractivity contribution in [3.63, 3.8) is 0 Å². The number of hydrogen-bond acceptors (Lipinski definition) is 4. The Bertz CT molecular complexity index is 1550. The molecule has 0 spiro atoms. The summed E-state index contributed by atoms with van der Waals surface area (Å²) >= 11 is 24.6. The van der Waals surface area contributed by atoms with Gasteiger partial charge in [0.15, 0.2) is 0 Å². The molecule has 230 valence electrons. The predicted octanol–water partition coefficient (Wildman–Crippen LogP) is 7.75. The Labute approximate surface area is 273 Å². The van der Waals surface area contributed by atoms with Crippen LogP contribution in [0.2, 0.25) is 20.1 Å². The van der Waals surface area contributed by atoms with Gasteiger partial charge in [-0.25, -0.2) is 8.42 Å². The van der Waals surface area contributed by atoms with E-state index >= 15 is 0 Å². The highest BCUT2D eigenvalue weighted by Gasteiger charge is 2.34. The Morgan fingerprint density at radius 3 is 2.21 bits per heavy atom. The van der Waals surface area contributed by atoms with Gasteiger partial charge in [0.05, 0.1) is 20.6 Å². The van der Waals surface area contributed by atoms with Crippen LogP contribution in [-0.4, -0.2) is 43.8 Å². The normalized spacial score (nSPS) is 14.6. The maximum Gasteiger partial charge on any atom is 0.264 e. The minimum atomic E-state index is -4.25. The van der Waals surface area contributed by atoms with E-state index in [1.54, 1.807) is 36.4 Å². The molecule has 1 saturated carbocycles. The summed E-state index contributed by atoms with van der Waals surface area (Å²) < 4.78 is 28.9. The Hall–Kier alpha value is -2.49. The average molecular weight is 686 g/mol. The molecule has 4 rings (SSSR count). The second kappa shape index (κ2) is 15.0.